The predicted octanol–water partition coefficient (Wildman–Crippen LogP) is 1.43. The van der Waals surface area contributed by atoms with Crippen LogP contribution in [0.4, 0.5) is 5.69 Å². The van der Waals surface area contributed by atoms with E-state index in [-0.39, 0.29) is 23.1 Å². The van der Waals surface area contributed by atoms with E-state index < -0.39 is 0 Å². The quantitative estimate of drug-likeness (QED) is 0.647. The number of rotatable bonds is 6. The van der Waals surface area contributed by atoms with E-state index in [1.54, 1.807) is 18.2 Å². The Labute approximate surface area is 122 Å². The lowest BCUT2D eigenvalue weighted by atomic mass is 9.83. The van der Waals surface area contributed by atoms with Gasteiger partial charge in [-0.05, 0) is 25.0 Å². The average Bonchev–Trinajstić information content (AvgIpc) is 2.53. The Balaban J connectivity index is 2.42. The molecule has 21 heavy (non-hydrogen) atoms. The molecule has 1 aromatic heterocycles. The zero-order valence-corrected chi connectivity index (χ0v) is 12.3. The number of anilines is 1. The van der Waals surface area contributed by atoms with E-state index in [4.69, 9.17) is 0 Å². The zero-order chi connectivity index (χ0) is 15.5. The molecular weight excluding hydrogens is 270 g/mol. The van der Waals surface area contributed by atoms with Crippen LogP contribution in [0.15, 0.2) is 27.8 Å². The number of aromatic amines is 2. The summed E-state index contributed by atoms with van der Waals surface area (Å²) in [6, 6.07) is 5.12. The molecule has 0 saturated carbocycles. The number of aliphatic hydroxyl groups is 1. The molecule has 0 saturated heterocycles. The topological polar surface area (TPSA) is 98.0 Å². The van der Waals surface area contributed by atoms with Gasteiger partial charge in [-0.2, -0.15) is 0 Å². The summed E-state index contributed by atoms with van der Waals surface area (Å²) >= 11 is 0. The first-order valence-corrected chi connectivity index (χ1v) is 7.15. The Morgan fingerprint density at radius 3 is 2.43 bits per heavy atom. The van der Waals surface area contributed by atoms with Gasteiger partial charge in [-0.25, -0.2) is 0 Å². The second-order valence-corrected chi connectivity index (χ2v) is 5.36. The van der Waals surface area contributed by atoms with Gasteiger partial charge in [-0.15, -0.1) is 0 Å². The molecule has 0 aliphatic rings. The smallest absolute Gasteiger partial charge is 0.272 e. The first kappa shape index (κ1) is 15.3. The third-order valence-corrected chi connectivity index (χ3v) is 4.31. The van der Waals surface area contributed by atoms with Crippen LogP contribution in [0.3, 0.4) is 0 Å². The van der Waals surface area contributed by atoms with Crippen LogP contribution < -0.4 is 16.4 Å². The van der Waals surface area contributed by atoms with Gasteiger partial charge in [-0.1, -0.05) is 19.9 Å². The van der Waals surface area contributed by atoms with E-state index in [9.17, 15) is 14.7 Å². The lowest BCUT2D eigenvalue weighted by Crippen LogP contribution is -2.32. The molecule has 6 nitrogen and oxygen atoms in total. The summed E-state index contributed by atoms with van der Waals surface area (Å²) in [5.74, 6) is 0. The highest BCUT2D eigenvalue weighted by molar-refractivity contribution is 5.92. The van der Waals surface area contributed by atoms with Gasteiger partial charge in [0.25, 0.3) is 11.1 Å². The summed E-state index contributed by atoms with van der Waals surface area (Å²) in [6.45, 7) is 4.68. The van der Waals surface area contributed by atoms with E-state index in [0.717, 1.165) is 12.8 Å². The van der Waals surface area contributed by atoms with Crippen molar-refractivity contribution in [2.45, 2.75) is 26.7 Å². The molecule has 0 spiro atoms. The van der Waals surface area contributed by atoms with Crippen molar-refractivity contribution in [2.75, 3.05) is 18.5 Å². The molecule has 6 heteroatoms. The molecule has 2 aromatic rings. The van der Waals surface area contributed by atoms with Gasteiger partial charge in [0, 0.05) is 17.6 Å². The second kappa shape index (κ2) is 6.13. The number of benzene rings is 1. The normalized spacial score (nSPS) is 11.8. The molecule has 1 heterocycles. The lowest BCUT2D eigenvalue weighted by Gasteiger charge is -2.30. The van der Waals surface area contributed by atoms with Crippen LogP contribution in [0.2, 0.25) is 0 Å². The fraction of sp³-hybridized carbons (Fsp3) is 0.467. The van der Waals surface area contributed by atoms with Gasteiger partial charge < -0.3 is 10.4 Å². The van der Waals surface area contributed by atoms with E-state index in [2.05, 4.69) is 15.5 Å². The highest BCUT2D eigenvalue weighted by Crippen LogP contribution is 2.27. The molecule has 1 aromatic carbocycles. The van der Waals surface area contributed by atoms with Crippen molar-refractivity contribution < 1.29 is 5.11 Å². The number of nitrogens with one attached hydrogen (secondary N) is 3. The van der Waals surface area contributed by atoms with Crippen molar-refractivity contribution in [3.63, 3.8) is 0 Å². The summed E-state index contributed by atoms with van der Waals surface area (Å²) in [5, 5.41) is 18.2. The number of aromatic nitrogens is 2. The molecule has 0 amide bonds. The fourth-order valence-corrected chi connectivity index (χ4v) is 2.44. The van der Waals surface area contributed by atoms with E-state index >= 15 is 0 Å². The minimum atomic E-state index is -0.338. The molecule has 0 bridgehead atoms. The van der Waals surface area contributed by atoms with Crippen LogP contribution in [-0.4, -0.2) is 28.5 Å². The summed E-state index contributed by atoms with van der Waals surface area (Å²) in [5.41, 5.74) is -0.279. The standard InChI is InChI=1S/C15H21N3O3/c1-3-15(4-2,9-19)8-16-11-7-5-6-10-12(11)14(21)18-17-13(10)20/h5-7,16,19H,3-4,8-9H2,1-2H3,(H,17,20)(H,18,21). The Morgan fingerprint density at radius 1 is 1.14 bits per heavy atom. The van der Waals surface area contributed by atoms with Gasteiger partial charge in [0.15, 0.2) is 0 Å². The fourth-order valence-electron chi connectivity index (χ4n) is 2.44. The van der Waals surface area contributed by atoms with Gasteiger partial charge in [0.2, 0.25) is 0 Å². The monoisotopic (exact) mass is 291 g/mol. The number of aliphatic hydroxyl groups excluding tert-OH is 1. The first-order chi connectivity index (χ1) is 10.1. The SMILES string of the molecule is CCC(CC)(CO)CNc1cccc2c(=O)[nH][nH]c(=O)c12. The Morgan fingerprint density at radius 2 is 1.81 bits per heavy atom. The molecule has 2 rings (SSSR count). The van der Waals surface area contributed by atoms with Crippen molar-refractivity contribution in [3.8, 4) is 0 Å². The Bertz CT molecular complexity index is 720. The zero-order valence-electron chi connectivity index (χ0n) is 12.3. The maximum atomic E-state index is 12.0. The molecule has 0 aliphatic heterocycles. The predicted molar refractivity (Wildman–Crippen MR) is 83.8 cm³/mol. The maximum Gasteiger partial charge on any atom is 0.272 e. The van der Waals surface area contributed by atoms with Crippen molar-refractivity contribution in [2.24, 2.45) is 5.41 Å². The summed E-state index contributed by atoms with van der Waals surface area (Å²) in [7, 11) is 0. The van der Waals surface area contributed by atoms with Crippen molar-refractivity contribution in [1.82, 2.24) is 10.2 Å². The largest absolute Gasteiger partial charge is 0.396 e. The van der Waals surface area contributed by atoms with Gasteiger partial charge in [0.1, 0.15) is 0 Å². The van der Waals surface area contributed by atoms with Crippen LogP contribution in [0.25, 0.3) is 10.8 Å². The molecular formula is C15H21N3O3. The van der Waals surface area contributed by atoms with Gasteiger partial charge in [-0.3, -0.25) is 19.8 Å². The number of hydrogen-bond acceptors (Lipinski definition) is 4. The minimum Gasteiger partial charge on any atom is -0.396 e. The highest BCUT2D eigenvalue weighted by Gasteiger charge is 2.25. The molecule has 114 valence electrons. The number of fused-ring (bicyclic) bond motifs is 1. The van der Waals surface area contributed by atoms with Crippen LogP contribution in [0.1, 0.15) is 26.7 Å². The maximum absolute atomic E-state index is 12.0. The molecule has 0 atom stereocenters. The van der Waals surface area contributed by atoms with E-state index in [0.29, 0.717) is 23.0 Å². The molecule has 4 N–H and O–H groups in total. The lowest BCUT2D eigenvalue weighted by molar-refractivity contribution is 0.127. The summed E-state index contributed by atoms with van der Waals surface area (Å²) in [4.78, 5) is 23.7. The molecule has 0 radical (unpaired) electrons. The first-order valence-electron chi connectivity index (χ1n) is 7.15. The molecule has 0 fully saturated rings. The Kier molecular flexibility index (Phi) is 4.47. The van der Waals surface area contributed by atoms with Crippen LogP contribution in [-0.2, 0) is 0 Å². The summed E-state index contributed by atoms with van der Waals surface area (Å²) < 4.78 is 0. The molecule has 0 unspecified atom stereocenters. The van der Waals surface area contributed by atoms with Crippen molar-refractivity contribution in [3.05, 3.63) is 38.9 Å². The van der Waals surface area contributed by atoms with Crippen molar-refractivity contribution >= 4 is 16.5 Å². The van der Waals surface area contributed by atoms with E-state index in [1.807, 2.05) is 13.8 Å². The van der Waals surface area contributed by atoms with E-state index in [1.165, 1.54) is 0 Å². The van der Waals surface area contributed by atoms with Gasteiger partial charge in [0.05, 0.1) is 17.4 Å². The van der Waals surface area contributed by atoms with Crippen LogP contribution in [0, 0.1) is 5.41 Å². The third-order valence-electron chi connectivity index (χ3n) is 4.31. The third kappa shape index (κ3) is 2.85. The summed E-state index contributed by atoms with van der Waals surface area (Å²) in [6.07, 6.45) is 1.66. The molecule has 0 aliphatic carbocycles. The number of hydrogen-bond donors (Lipinski definition) is 4. The van der Waals surface area contributed by atoms with Crippen molar-refractivity contribution in [1.29, 1.82) is 0 Å². The second-order valence-electron chi connectivity index (χ2n) is 5.36. The Hall–Kier alpha value is -2.08. The van der Waals surface area contributed by atoms with Crippen LogP contribution >= 0.6 is 0 Å². The average molecular weight is 291 g/mol. The van der Waals surface area contributed by atoms with Gasteiger partial charge >= 0.3 is 0 Å². The van der Waals surface area contributed by atoms with Crippen LogP contribution in [0.5, 0.6) is 0 Å². The minimum absolute atomic E-state index is 0.0781. The highest BCUT2D eigenvalue weighted by atomic mass is 16.3. The number of H-pyrrole nitrogens is 2.